The molecule has 0 spiro atoms. The van der Waals surface area contributed by atoms with Gasteiger partial charge in [0.05, 0.1) is 39.6 Å². The predicted molar refractivity (Wildman–Crippen MR) is 248 cm³/mol. The van der Waals surface area contributed by atoms with Gasteiger partial charge in [-0.1, -0.05) is 64.1 Å². The van der Waals surface area contributed by atoms with Crippen LogP contribution in [0.2, 0.25) is 0 Å². The molecular weight excluding hydrogens is 797 g/mol. The molecule has 0 aromatic heterocycles. The fraction of sp³-hybridized carbons (Fsp3) is 0.434. The first kappa shape index (κ1) is 48.9. The topological polar surface area (TPSA) is 114 Å². The number of hydrogen-bond donors (Lipinski definition) is 2. The highest BCUT2D eigenvalue weighted by atomic mass is 16.5. The SMILES string of the molecule is CCOc1cc(C(C)(c2ccc(C(C)(C)c3cc(COC)c(O)c(COC)c3)cc2)c2cc(COC)c(OCCOc3ccc(C(C)CC)cc3)c(COC)c2)cc(COC)c1O. The van der Waals surface area contributed by atoms with Crippen LogP contribution in [0.1, 0.15) is 115 Å². The fourth-order valence-electron chi connectivity index (χ4n) is 8.21. The summed E-state index contributed by atoms with van der Waals surface area (Å²) in [4.78, 5) is 0. The number of phenols is 2. The Morgan fingerprint density at radius 2 is 0.937 bits per heavy atom. The van der Waals surface area contributed by atoms with E-state index in [-0.39, 0.29) is 31.3 Å². The minimum Gasteiger partial charge on any atom is -0.507 e. The Morgan fingerprint density at radius 1 is 0.492 bits per heavy atom. The highest BCUT2D eigenvalue weighted by molar-refractivity contribution is 5.60. The van der Waals surface area contributed by atoms with Gasteiger partial charge in [0.2, 0.25) is 0 Å². The Morgan fingerprint density at radius 3 is 1.44 bits per heavy atom. The lowest BCUT2D eigenvalue weighted by Crippen LogP contribution is -2.27. The van der Waals surface area contributed by atoms with Crippen molar-refractivity contribution < 1.29 is 48.1 Å². The first-order valence-electron chi connectivity index (χ1n) is 21.7. The quantitative estimate of drug-likeness (QED) is 0.0459. The van der Waals surface area contributed by atoms with Crippen molar-refractivity contribution in [2.24, 2.45) is 0 Å². The minimum absolute atomic E-state index is 0.0500. The molecule has 0 saturated heterocycles. The first-order valence-corrected chi connectivity index (χ1v) is 21.7. The van der Waals surface area contributed by atoms with Crippen molar-refractivity contribution in [3.05, 3.63) is 146 Å². The Hall–Kier alpha value is -5.10. The molecule has 5 rings (SSSR count). The monoisotopic (exact) mass is 864 g/mol. The summed E-state index contributed by atoms with van der Waals surface area (Å²) >= 11 is 0. The van der Waals surface area contributed by atoms with Crippen molar-refractivity contribution in [2.45, 2.75) is 97.7 Å². The third-order valence-electron chi connectivity index (χ3n) is 12.2. The zero-order chi connectivity index (χ0) is 45.7. The summed E-state index contributed by atoms with van der Waals surface area (Å²) in [5, 5.41) is 22.3. The van der Waals surface area contributed by atoms with Gasteiger partial charge in [-0.15, -0.1) is 0 Å². The van der Waals surface area contributed by atoms with Crippen LogP contribution in [0.3, 0.4) is 0 Å². The molecule has 0 aliphatic carbocycles. The second-order valence-electron chi connectivity index (χ2n) is 16.7. The second-order valence-corrected chi connectivity index (χ2v) is 16.7. The molecule has 0 saturated carbocycles. The number of rotatable bonds is 24. The van der Waals surface area contributed by atoms with Crippen molar-refractivity contribution in [1.29, 1.82) is 0 Å². The summed E-state index contributed by atoms with van der Waals surface area (Å²) < 4.78 is 46.8. The lowest BCUT2D eigenvalue weighted by atomic mass is 9.69. The van der Waals surface area contributed by atoms with Gasteiger partial charge in [-0.2, -0.15) is 0 Å². The molecule has 5 aromatic carbocycles. The summed E-state index contributed by atoms with van der Waals surface area (Å²) in [5.41, 5.74) is 8.69. The third-order valence-corrected chi connectivity index (χ3v) is 12.2. The number of benzene rings is 5. The molecule has 0 amide bonds. The zero-order valence-corrected chi connectivity index (χ0v) is 39.2. The average Bonchev–Trinajstić information content (AvgIpc) is 3.28. The Balaban J connectivity index is 1.62. The van der Waals surface area contributed by atoms with E-state index in [0.29, 0.717) is 67.1 Å². The van der Waals surface area contributed by atoms with E-state index in [0.717, 1.165) is 51.1 Å². The van der Waals surface area contributed by atoms with E-state index >= 15 is 0 Å². The summed E-state index contributed by atoms with van der Waals surface area (Å²) in [6.45, 7) is 15.2. The second kappa shape index (κ2) is 22.5. The maximum absolute atomic E-state index is 11.3. The van der Waals surface area contributed by atoms with Gasteiger partial charge >= 0.3 is 0 Å². The van der Waals surface area contributed by atoms with E-state index in [9.17, 15) is 10.2 Å². The molecule has 0 bridgehead atoms. The highest BCUT2D eigenvalue weighted by Crippen LogP contribution is 2.46. The molecule has 0 aliphatic heterocycles. The van der Waals surface area contributed by atoms with Gasteiger partial charge in [0, 0.05) is 74.2 Å². The number of aromatic hydroxyl groups is 2. The van der Waals surface area contributed by atoms with Gasteiger partial charge in [-0.3, -0.25) is 0 Å². The molecule has 0 aliphatic rings. The Labute approximate surface area is 375 Å². The summed E-state index contributed by atoms with van der Waals surface area (Å²) in [6.07, 6.45) is 1.08. The van der Waals surface area contributed by atoms with E-state index in [4.69, 9.17) is 37.9 Å². The summed E-state index contributed by atoms with van der Waals surface area (Å²) in [5.74, 6) is 2.59. The van der Waals surface area contributed by atoms with Crippen LogP contribution >= 0.6 is 0 Å². The van der Waals surface area contributed by atoms with Crippen LogP contribution in [0, 0.1) is 0 Å². The number of ether oxygens (including phenoxy) is 8. The van der Waals surface area contributed by atoms with Crippen LogP contribution in [-0.4, -0.2) is 65.6 Å². The zero-order valence-electron chi connectivity index (χ0n) is 39.2. The largest absolute Gasteiger partial charge is 0.507 e. The van der Waals surface area contributed by atoms with Crippen LogP contribution in [0.25, 0.3) is 0 Å². The smallest absolute Gasteiger partial charge is 0.163 e. The average molecular weight is 865 g/mol. The molecule has 2 atom stereocenters. The molecule has 0 heterocycles. The lowest BCUT2D eigenvalue weighted by molar-refractivity contribution is 0.163. The van der Waals surface area contributed by atoms with Gasteiger partial charge in [0.1, 0.15) is 30.5 Å². The van der Waals surface area contributed by atoms with E-state index in [1.807, 2.05) is 43.3 Å². The van der Waals surface area contributed by atoms with E-state index in [1.54, 1.807) is 35.5 Å². The molecule has 0 fully saturated rings. The van der Waals surface area contributed by atoms with Crippen LogP contribution in [0.5, 0.6) is 28.7 Å². The molecule has 2 unspecified atom stereocenters. The van der Waals surface area contributed by atoms with E-state index < -0.39 is 10.8 Å². The molecule has 63 heavy (non-hydrogen) atoms. The molecule has 10 nitrogen and oxygen atoms in total. The van der Waals surface area contributed by atoms with Gasteiger partial charge in [0.25, 0.3) is 0 Å². The Bertz CT molecular complexity index is 2150. The van der Waals surface area contributed by atoms with E-state index in [2.05, 4.69) is 83.1 Å². The minimum atomic E-state index is -0.811. The van der Waals surface area contributed by atoms with Crippen molar-refractivity contribution in [3.8, 4) is 28.7 Å². The molecule has 2 N–H and O–H groups in total. The van der Waals surface area contributed by atoms with Crippen molar-refractivity contribution in [2.75, 3.05) is 55.4 Å². The standard InChI is InChI=1S/C53H68O10/c1-12-35(3)36-14-20-47(21-15-36)62-22-23-63-51-40(33-59-10)27-45(28-41(51)34-60-11)53(6,46-26-39(32-58-9)50(55)48(29-46)61-13-2)43-18-16-42(17-19-43)52(4,5)44-24-37(30-56-7)49(54)38(25-44)31-57-8/h14-21,24-29,35,54-55H,12-13,22-23,30-34H2,1-11H3. The third kappa shape index (κ3) is 11.2. The van der Waals surface area contributed by atoms with Crippen LogP contribution in [0.15, 0.2) is 84.9 Å². The molecular formula is C53H68O10. The van der Waals surface area contributed by atoms with Crippen LogP contribution < -0.4 is 14.2 Å². The fourth-order valence-corrected chi connectivity index (χ4v) is 8.21. The lowest BCUT2D eigenvalue weighted by Gasteiger charge is -2.35. The first-order chi connectivity index (χ1) is 30.3. The maximum atomic E-state index is 11.3. The Kier molecular flexibility index (Phi) is 17.5. The van der Waals surface area contributed by atoms with Gasteiger partial charge in [0.15, 0.2) is 11.5 Å². The molecule has 0 radical (unpaired) electrons. The summed E-state index contributed by atoms with van der Waals surface area (Å²) in [6, 6.07) is 29.1. The molecule has 340 valence electrons. The highest BCUT2D eigenvalue weighted by Gasteiger charge is 2.36. The van der Waals surface area contributed by atoms with Crippen molar-refractivity contribution >= 4 is 0 Å². The normalized spacial score (nSPS) is 13.1. The molecule has 10 heteroatoms. The van der Waals surface area contributed by atoms with Crippen molar-refractivity contribution in [1.82, 2.24) is 0 Å². The number of methoxy groups -OCH3 is 5. The van der Waals surface area contributed by atoms with Gasteiger partial charge in [-0.05, 0) is 108 Å². The van der Waals surface area contributed by atoms with Crippen molar-refractivity contribution in [3.63, 3.8) is 0 Å². The number of phenolic OH excluding ortho intramolecular Hbond substituents is 2. The number of hydrogen-bond acceptors (Lipinski definition) is 10. The van der Waals surface area contributed by atoms with Gasteiger partial charge < -0.3 is 48.1 Å². The molecule has 5 aromatic rings. The maximum Gasteiger partial charge on any atom is 0.163 e. The van der Waals surface area contributed by atoms with E-state index in [1.165, 1.54) is 5.56 Å². The van der Waals surface area contributed by atoms with Crippen LogP contribution in [-0.2, 0) is 67.5 Å². The van der Waals surface area contributed by atoms with Gasteiger partial charge in [-0.25, -0.2) is 0 Å². The van der Waals surface area contributed by atoms with Crippen LogP contribution in [0.4, 0.5) is 0 Å². The summed E-state index contributed by atoms with van der Waals surface area (Å²) in [7, 11) is 8.20. The predicted octanol–water partition coefficient (Wildman–Crippen LogP) is 10.9.